The van der Waals surface area contributed by atoms with Crippen molar-refractivity contribution >= 4 is 23.4 Å². The van der Waals surface area contributed by atoms with Gasteiger partial charge in [-0.1, -0.05) is 36.6 Å². The Bertz CT molecular complexity index is 669. The van der Waals surface area contributed by atoms with Crippen molar-refractivity contribution in [2.45, 2.75) is 44.6 Å². The maximum atomic E-state index is 12.9. The van der Waals surface area contributed by atoms with Gasteiger partial charge in [0, 0.05) is 36.7 Å². The average Bonchev–Trinajstić information content (AvgIpc) is 2.61. The summed E-state index contributed by atoms with van der Waals surface area (Å²) in [6, 6.07) is 7.39. The van der Waals surface area contributed by atoms with E-state index in [1.54, 1.807) is 6.07 Å². The van der Waals surface area contributed by atoms with Crippen LogP contribution in [0.15, 0.2) is 24.3 Å². The molecule has 2 atom stereocenters. The molecule has 1 aliphatic carbocycles. The lowest BCUT2D eigenvalue weighted by molar-refractivity contribution is -0.144. The van der Waals surface area contributed by atoms with Gasteiger partial charge in [-0.25, -0.2) is 0 Å². The van der Waals surface area contributed by atoms with Crippen molar-refractivity contribution in [3.05, 3.63) is 34.9 Å². The third kappa shape index (κ3) is 4.38. The number of halogens is 1. The van der Waals surface area contributed by atoms with Gasteiger partial charge in [0.25, 0.3) is 0 Å². The average molecular weight is 378 g/mol. The normalized spacial score (nSPS) is 26.7. The number of hydrogen-bond acceptors (Lipinski definition) is 3. The third-order valence-electron chi connectivity index (χ3n) is 5.74. The van der Waals surface area contributed by atoms with E-state index in [-0.39, 0.29) is 17.7 Å². The molecule has 2 aliphatic rings. The Hall–Kier alpha value is -1.59. The summed E-state index contributed by atoms with van der Waals surface area (Å²) in [5.74, 6) is 0.155. The number of amides is 2. The van der Waals surface area contributed by atoms with Crippen LogP contribution in [0.25, 0.3) is 0 Å². The number of nitrogens with two attached hydrogens (primary N) is 1. The van der Waals surface area contributed by atoms with Gasteiger partial charge < -0.3 is 15.5 Å². The van der Waals surface area contributed by atoms with Gasteiger partial charge in [-0.15, -0.1) is 0 Å². The van der Waals surface area contributed by atoms with Crippen molar-refractivity contribution in [2.75, 3.05) is 26.2 Å². The first-order valence-corrected chi connectivity index (χ1v) is 9.84. The lowest BCUT2D eigenvalue weighted by Crippen LogP contribution is -2.57. The number of rotatable bonds is 3. The van der Waals surface area contributed by atoms with Crippen molar-refractivity contribution in [3.63, 3.8) is 0 Å². The van der Waals surface area contributed by atoms with Gasteiger partial charge in [-0.05, 0) is 37.5 Å². The lowest BCUT2D eigenvalue weighted by atomic mass is 9.74. The van der Waals surface area contributed by atoms with Crippen molar-refractivity contribution in [1.29, 1.82) is 0 Å². The Morgan fingerprint density at radius 2 is 1.88 bits per heavy atom. The van der Waals surface area contributed by atoms with E-state index in [1.165, 1.54) is 0 Å². The highest BCUT2D eigenvalue weighted by Crippen LogP contribution is 2.33. The van der Waals surface area contributed by atoms with Crippen LogP contribution in [0, 0.1) is 5.92 Å². The van der Waals surface area contributed by atoms with Crippen LogP contribution in [0.3, 0.4) is 0 Å². The molecule has 2 amide bonds. The zero-order chi connectivity index (χ0) is 18.7. The highest BCUT2D eigenvalue weighted by molar-refractivity contribution is 6.30. The van der Waals surface area contributed by atoms with Crippen molar-refractivity contribution < 1.29 is 9.59 Å². The topological polar surface area (TPSA) is 66.6 Å². The number of nitrogens with zero attached hydrogens (tertiary/aromatic N) is 2. The second-order valence-electron chi connectivity index (χ2n) is 7.82. The van der Waals surface area contributed by atoms with Gasteiger partial charge >= 0.3 is 0 Å². The van der Waals surface area contributed by atoms with Crippen molar-refractivity contribution in [3.8, 4) is 0 Å². The Morgan fingerprint density at radius 1 is 1.19 bits per heavy atom. The van der Waals surface area contributed by atoms with Crippen molar-refractivity contribution in [2.24, 2.45) is 11.7 Å². The van der Waals surface area contributed by atoms with Gasteiger partial charge in [0.1, 0.15) is 0 Å². The minimum atomic E-state index is -0.408. The predicted octanol–water partition coefficient (Wildman–Crippen LogP) is 2.46. The minimum absolute atomic E-state index is 0.0840. The molecule has 1 saturated carbocycles. The summed E-state index contributed by atoms with van der Waals surface area (Å²) in [4.78, 5) is 29.2. The van der Waals surface area contributed by atoms with Crippen LogP contribution >= 0.6 is 11.6 Å². The molecule has 1 aliphatic heterocycles. The smallest absolute Gasteiger partial charge is 0.227 e. The fourth-order valence-electron chi connectivity index (χ4n) is 4.09. The molecule has 2 N–H and O–H groups in total. The molecule has 1 saturated heterocycles. The summed E-state index contributed by atoms with van der Waals surface area (Å²) in [6.45, 7) is 4.34. The summed E-state index contributed by atoms with van der Waals surface area (Å²) in [5, 5.41) is 0.642. The first kappa shape index (κ1) is 19.2. The first-order chi connectivity index (χ1) is 12.4. The molecule has 0 bridgehead atoms. The molecule has 5 nitrogen and oxygen atoms in total. The van der Waals surface area contributed by atoms with Gasteiger partial charge in [0.2, 0.25) is 11.8 Å². The fourth-order valence-corrected chi connectivity index (χ4v) is 4.31. The Morgan fingerprint density at radius 3 is 2.54 bits per heavy atom. The predicted molar refractivity (Wildman–Crippen MR) is 103 cm³/mol. The molecule has 3 rings (SSSR count). The summed E-state index contributed by atoms with van der Waals surface area (Å²) in [7, 11) is 0. The highest BCUT2D eigenvalue weighted by Gasteiger charge is 2.40. The molecule has 0 spiro atoms. The van der Waals surface area contributed by atoms with E-state index in [9.17, 15) is 9.59 Å². The second-order valence-corrected chi connectivity index (χ2v) is 8.25. The second kappa shape index (κ2) is 7.97. The van der Waals surface area contributed by atoms with E-state index < -0.39 is 5.54 Å². The van der Waals surface area contributed by atoms with E-state index in [4.69, 9.17) is 17.3 Å². The quantitative estimate of drug-likeness (QED) is 0.879. The van der Waals surface area contributed by atoms with Gasteiger partial charge in [0.15, 0.2) is 0 Å². The molecular weight excluding hydrogens is 350 g/mol. The minimum Gasteiger partial charge on any atom is -0.339 e. The SMILES string of the molecule is CC1(N)CCCCC1C(=O)N1CCN(C(=O)Cc2cccc(Cl)c2)CC1. The number of benzene rings is 1. The molecule has 1 heterocycles. The molecular formula is C20H28ClN3O2. The number of carbonyl (C=O) groups is 2. The van der Waals surface area contributed by atoms with Crippen LogP contribution in [0.1, 0.15) is 38.2 Å². The zero-order valence-corrected chi connectivity index (χ0v) is 16.2. The number of piperazine rings is 1. The Labute approximate surface area is 160 Å². The number of hydrogen-bond donors (Lipinski definition) is 1. The van der Waals surface area contributed by atoms with E-state index in [2.05, 4.69) is 0 Å². The van der Waals surface area contributed by atoms with E-state index in [0.29, 0.717) is 37.6 Å². The third-order valence-corrected chi connectivity index (χ3v) is 5.98. The number of carbonyl (C=O) groups excluding carboxylic acids is 2. The first-order valence-electron chi connectivity index (χ1n) is 9.47. The zero-order valence-electron chi connectivity index (χ0n) is 15.4. The standard InChI is InChI=1S/C20H28ClN3O2/c1-20(22)8-3-2-7-17(20)19(26)24-11-9-23(10-12-24)18(25)14-15-5-4-6-16(21)13-15/h4-6,13,17H,2-3,7-12,14,22H2,1H3. The van der Waals surface area contributed by atoms with Crippen LogP contribution in [0.2, 0.25) is 5.02 Å². The van der Waals surface area contributed by atoms with Crippen LogP contribution < -0.4 is 5.73 Å². The molecule has 0 aromatic heterocycles. The largest absolute Gasteiger partial charge is 0.339 e. The fraction of sp³-hybridized carbons (Fsp3) is 0.600. The van der Waals surface area contributed by atoms with Crippen LogP contribution in [-0.4, -0.2) is 53.3 Å². The molecule has 0 radical (unpaired) electrons. The van der Waals surface area contributed by atoms with E-state index >= 15 is 0 Å². The Kier molecular flexibility index (Phi) is 5.88. The monoisotopic (exact) mass is 377 g/mol. The van der Waals surface area contributed by atoms with Crippen LogP contribution in [0.4, 0.5) is 0 Å². The van der Waals surface area contributed by atoms with Gasteiger partial charge in [-0.3, -0.25) is 9.59 Å². The lowest BCUT2D eigenvalue weighted by Gasteiger charge is -2.42. The summed E-state index contributed by atoms with van der Waals surface area (Å²) in [5.41, 5.74) is 6.89. The molecule has 1 aromatic carbocycles. The van der Waals surface area contributed by atoms with Crippen LogP contribution in [-0.2, 0) is 16.0 Å². The van der Waals surface area contributed by atoms with Crippen LogP contribution in [0.5, 0.6) is 0 Å². The molecule has 2 fully saturated rings. The molecule has 142 valence electrons. The molecule has 26 heavy (non-hydrogen) atoms. The summed E-state index contributed by atoms with van der Waals surface area (Å²) >= 11 is 5.99. The maximum absolute atomic E-state index is 12.9. The summed E-state index contributed by atoms with van der Waals surface area (Å²) < 4.78 is 0. The molecule has 2 unspecified atom stereocenters. The Balaban J connectivity index is 1.53. The van der Waals surface area contributed by atoms with E-state index in [1.807, 2.05) is 34.9 Å². The van der Waals surface area contributed by atoms with Gasteiger partial charge in [-0.2, -0.15) is 0 Å². The highest BCUT2D eigenvalue weighted by atomic mass is 35.5. The van der Waals surface area contributed by atoms with Crippen molar-refractivity contribution in [1.82, 2.24) is 9.80 Å². The van der Waals surface area contributed by atoms with E-state index in [0.717, 1.165) is 31.2 Å². The summed E-state index contributed by atoms with van der Waals surface area (Å²) in [6.07, 6.45) is 4.29. The van der Waals surface area contributed by atoms with Gasteiger partial charge in [0.05, 0.1) is 12.3 Å². The maximum Gasteiger partial charge on any atom is 0.227 e. The molecule has 1 aromatic rings. The molecule has 6 heteroatoms.